The summed E-state index contributed by atoms with van der Waals surface area (Å²) in [6, 6.07) is 13.9. The summed E-state index contributed by atoms with van der Waals surface area (Å²) in [5.74, 6) is 0.785. The van der Waals surface area contributed by atoms with E-state index in [0.717, 1.165) is 33.7 Å². The van der Waals surface area contributed by atoms with E-state index >= 15 is 0 Å². The van der Waals surface area contributed by atoms with Crippen molar-refractivity contribution in [3.63, 3.8) is 0 Å². The van der Waals surface area contributed by atoms with Crippen molar-refractivity contribution in [3.8, 4) is 5.75 Å². The van der Waals surface area contributed by atoms with Crippen LogP contribution in [0.25, 0.3) is 11.1 Å². The number of allylic oxidation sites excluding steroid dienone is 3. The van der Waals surface area contributed by atoms with Gasteiger partial charge >= 0.3 is 0 Å². The van der Waals surface area contributed by atoms with Gasteiger partial charge in [-0.15, -0.1) is 0 Å². The Morgan fingerprint density at radius 1 is 1.09 bits per heavy atom. The maximum Gasteiger partial charge on any atom is 0.134 e. The monoisotopic (exact) mass is 291 g/mol. The van der Waals surface area contributed by atoms with Crippen LogP contribution in [0, 0.1) is 6.92 Å². The van der Waals surface area contributed by atoms with Crippen LogP contribution in [0.15, 0.2) is 68.0 Å². The molecule has 0 fully saturated rings. The van der Waals surface area contributed by atoms with E-state index in [4.69, 9.17) is 10.5 Å². The number of rotatable bonds is 5. The van der Waals surface area contributed by atoms with E-state index in [1.54, 1.807) is 0 Å². The molecule has 0 aliphatic rings. The van der Waals surface area contributed by atoms with E-state index in [1.165, 1.54) is 11.8 Å². The Morgan fingerprint density at radius 3 is 2.36 bits per heavy atom. The molecule has 0 saturated carbocycles. The van der Waals surface area contributed by atoms with E-state index in [1.807, 2.05) is 42.5 Å². The van der Waals surface area contributed by atoms with Gasteiger partial charge in [0.2, 0.25) is 0 Å². The molecule has 2 aromatic carbocycles. The van der Waals surface area contributed by atoms with Gasteiger partial charge in [0.15, 0.2) is 0 Å². The average molecular weight is 291 g/mol. The van der Waals surface area contributed by atoms with Gasteiger partial charge in [-0.25, -0.2) is 0 Å². The lowest BCUT2D eigenvalue weighted by atomic mass is 9.94. The lowest BCUT2D eigenvalue weighted by molar-refractivity contribution is 0.482. The summed E-state index contributed by atoms with van der Waals surface area (Å²) in [5.41, 5.74) is 11.9. The maximum absolute atomic E-state index is 5.77. The summed E-state index contributed by atoms with van der Waals surface area (Å²) in [5, 5.41) is 0. The van der Waals surface area contributed by atoms with E-state index in [0.29, 0.717) is 0 Å². The average Bonchev–Trinajstić information content (AvgIpc) is 2.51. The predicted molar refractivity (Wildman–Crippen MR) is 95.5 cm³/mol. The summed E-state index contributed by atoms with van der Waals surface area (Å²) in [7, 11) is 0. The molecule has 0 aliphatic carbocycles. The molecule has 0 unspecified atom stereocenters. The summed E-state index contributed by atoms with van der Waals surface area (Å²) in [4.78, 5) is 0. The number of ether oxygens (including phenoxy) is 1. The smallest absolute Gasteiger partial charge is 0.134 e. The third kappa shape index (κ3) is 3.29. The number of aryl methyl sites for hydroxylation is 1. The molecule has 0 aliphatic heterocycles. The molecular formula is C20H21NO. The molecule has 2 heteroatoms. The van der Waals surface area contributed by atoms with Gasteiger partial charge in [-0.3, -0.25) is 0 Å². The third-order valence-electron chi connectivity index (χ3n) is 3.58. The van der Waals surface area contributed by atoms with E-state index in [-0.39, 0.29) is 0 Å². The second kappa shape index (κ2) is 6.81. The number of nitrogen functional groups attached to an aromatic ring is 1. The van der Waals surface area contributed by atoms with Crippen LogP contribution in [0.1, 0.15) is 23.6 Å². The number of benzene rings is 2. The van der Waals surface area contributed by atoms with Crippen molar-refractivity contribution in [2.75, 3.05) is 5.73 Å². The van der Waals surface area contributed by atoms with Crippen LogP contribution in [0.2, 0.25) is 0 Å². The fourth-order valence-corrected chi connectivity index (χ4v) is 2.42. The van der Waals surface area contributed by atoms with Crippen molar-refractivity contribution in [2.24, 2.45) is 0 Å². The van der Waals surface area contributed by atoms with Crippen molar-refractivity contribution in [1.82, 2.24) is 0 Å². The van der Waals surface area contributed by atoms with Gasteiger partial charge in [0.1, 0.15) is 5.75 Å². The van der Waals surface area contributed by atoms with Crippen LogP contribution in [0.5, 0.6) is 5.75 Å². The molecule has 0 amide bonds. The summed E-state index contributed by atoms with van der Waals surface area (Å²) >= 11 is 0. The number of hydrogen-bond acceptors (Lipinski definition) is 2. The minimum atomic E-state index is 0.746. The minimum Gasteiger partial charge on any atom is -0.465 e. The maximum atomic E-state index is 5.77. The standard InChI is InChI=1S/C20H21NO/c1-5-18(16-8-10-17(21)11-9-16)15(4)19-13-14(3)7-12-20(19)22-6-2/h5-13H,1-2,21H2,3-4H3/b18-15-. The molecule has 0 atom stereocenters. The first-order valence-electron chi connectivity index (χ1n) is 7.14. The summed E-state index contributed by atoms with van der Waals surface area (Å²) < 4.78 is 5.54. The molecule has 0 spiro atoms. The zero-order valence-corrected chi connectivity index (χ0v) is 13.1. The first-order valence-corrected chi connectivity index (χ1v) is 7.14. The highest BCUT2D eigenvalue weighted by molar-refractivity contribution is 5.96. The topological polar surface area (TPSA) is 35.2 Å². The third-order valence-corrected chi connectivity index (χ3v) is 3.58. The second-order valence-electron chi connectivity index (χ2n) is 5.15. The van der Waals surface area contributed by atoms with Gasteiger partial charge in [0, 0.05) is 11.3 Å². The summed E-state index contributed by atoms with van der Waals surface area (Å²) in [6.07, 6.45) is 3.30. The van der Waals surface area contributed by atoms with Gasteiger partial charge in [0.25, 0.3) is 0 Å². The number of hydrogen-bond donors (Lipinski definition) is 1. The van der Waals surface area contributed by atoms with Crippen molar-refractivity contribution in [2.45, 2.75) is 13.8 Å². The quantitative estimate of drug-likeness (QED) is 0.355. The zero-order chi connectivity index (χ0) is 16.1. The second-order valence-corrected chi connectivity index (χ2v) is 5.15. The Labute approximate surface area is 132 Å². The molecule has 0 radical (unpaired) electrons. The molecule has 0 saturated heterocycles. The molecule has 0 heterocycles. The molecule has 0 aromatic heterocycles. The Bertz CT molecular complexity index is 724. The zero-order valence-electron chi connectivity index (χ0n) is 13.1. The van der Waals surface area contributed by atoms with Crippen molar-refractivity contribution < 1.29 is 4.74 Å². The molecule has 2 aromatic rings. The van der Waals surface area contributed by atoms with Crippen molar-refractivity contribution in [3.05, 3.63) is 84.7 Å². The molecule has 2 rings (SSSR count). The molecule has 0 bridgehead atoms. The first-order chi connectivity index (χ1) is 10.6. The Morgan fingerprint density at radius 2 is 1.77 bits per heavy atom. The minimum absolute atomic E-state index is 0.746. The van der Waals surface area contributed by atoms with Gasteiger partial charge < -0.3 is 10.5 Å². The molecular weight excluding hydrogens is 270 g/mol. The molecule has 22 heavy (non-hydrogen) atoms. The fraction of sp³-hybridized carbons (Fsp3) is 0.100. The van der Waals surface area contributed by atoms with E-state index < -0.39 is 0 Å². The highest BCUT2D eigenvalue weighted by Crippen LogP contribution is 2.33. The largest absolute Gasteiger partial charge is 0.465 e. The number of nitrogens with two attached hydrogens (primary N) is 1. The van der Waals surface area contributed by atoms with Crippen LogP contribution in [-0.2, 0) is 0 Å². The Kier molecular flexibility index (Phi) is 4.84. The highest BCUT2D eigenvalue weighted by atomic mass is 16.5. The SMILES string of the molecule is C=COc1ccc(C)cc1/C(C)=C(/C=C)c1ccc(N)cc1. The van der Waals surface area contributed by atoms with Crippen molar-refractivity contribution >= 4 is 16.8 Å². The Hall–Kier alpha value is -2.74. The van der Waals surface area contributed by atoms with Crippen LogP contribution in [0.4, 0.5) is 5.69 Å². The lowest BCUT2D eigenvalue weighted by Crippen LogP contribution is -1.93. The fourth-order valence-electron chi connectivity index (χ4n) is 2.42. The van der Waals surface area contributed by atoms with E-state index in [9.17, 15) is 0 Å². The molecule has 2 nitrogen and oxygen atoms in total. The van der Waals surface area contributed by atoms with Gasteiger partial charge in [0.05, 0.1) is 6.26 Å². The lowest BCUT2D eigenvalue weighted by Gasteiger charge is -2.14. The first kappa shape index (κ1) is 15.6. The van der Waals surface area contributed by atoms with Crippen LogP contribution < -0.4 is 10.5 Å². The van der Waals surface area contributed by atoms with Gasteiger partial charge in [-0.05, 0) is 54.8 Å². The van der Waals surface area contributed by atoms with Gasteiger partial charge in [-0.2, -0.15) is 0 Å². The van der Waals surface area contributed by atoms with Crippen LogP contribution in [-0.4, -0.2) is 0 Å². The van der Waals surface area contributed by atoms with Crippen molar-refractivity contribution in [1.29, 1.82) is 0 Å². The summed E-state index contributed by atoms with van der Waals surface area (Å²) in [6.45, 7) is 11.7. The van der Waals surface area contributed by atoms with E-state index in [2.05, 4.69) is 33.1 Å². The normalized spacial score (nSPS) is 11.5. The van der Waals surface area contributed by atoms with Crippen LogP contribution in [0.3, 0.4) is 0 Å². The van der Waals surface area contributed by atoms with Crippen LogP contribution >= 0.6 is 0 Å². The molecule has 2 N–H and O–H groups in total. The molecule has 112 valence electrons. The number of anilines is 1. The van der Waals surface area contributed by atoms with Gasteiger partial charge in [-0.1, -0.05) is 43.0 Å². The highest BCUT2D eigenvalue weighted by Gasteiger charge is 2.10. The predicted octanol–water partition coefficient (Wildman–Crippen LogP) is 5.22. The Balaban J connectivity index is 2.61.